The number of carbonyl (C=O) groups excluding carboxylic acids is 1. The van der Waals surface area contributed by atoms with E-state index in [-0.39, 0.29) is 18.9 Å². The first-order valence-electron chi connectivity index (χ1n) is 5.88. The average Bonchev–Trinajstić information content (AvgIpc) is 2.73. The van der Waals surface area contributed by atoms with Gasteiger partial charge < -0.3 is 9.64 Å². The van der Waals surface area contributed by atoms with E-state index < -0.39 is 14.3 Å². The summed E-state index contributed by atoms with van der Waals surface area (Å²) in [6.45, 7) is 2.54. The summed E-state index contributed by atoms with van der Waals surface area (Å²) in [4.78, 5) is 13.2. The highest BCUT2D eigenvalue weighted by atomic mass is 35.7. The number of halogens is 1. The molecule has 0 bridgehead atoms. The zero-order valence-corrected chi connectivity index (χ0v) is 11.9. The molecule has 0 aromatic heterocycles. The van der Waals surface area contributed by atoms with Gasteiger partial charge in [0.15, 0.2) is 0 Å². The largest absolute Gasteiger partial charge is 0.494 e. The van der Waals surface area contributed by atoms with Crippen LogP contribution >= 0.6 is 10.7 Å². The maximum absolute atomic E-state index is 11.8. The smallest absolute Gasteiger partial charge is 0.237 e. The highest BCUT2D eigenvalue weighted by molar-refractivity contribution is 8.14. The molecule has 1 aliphatic heterocycles. The van der Waals surface area contributed by atoms with Crippen LogP contribution in [0.25, 0.3) is 0 Å². The Morgan fingerprint density at radius 3 is 2.47 bits per heavy atom. The Balaban J connectivity index is 2.16. The minimum atomic E-state index is -3.71. The van der Waals surface area contributed by atoms with Crippen molar-refractivity contribution < 1.29 is 17.9 Å². The summed E-state index contributed by atoms with van der Waals surface area (Å²) in [5, 5.41) is -0.840. The second-order valence-electron chi connectivity index (χ2n) is 4.23. The van der Waals surface area contributed by atoms with Crippen LogP contribution in [0.4, 0.5) is 5.69 Å². The van der Waals surface area contributed by atoms with Crippen molar-refractivity contribution in [1.82, 2.24) is 0 Å². The maximum atomic E-state index is 11.8. The van der Waals surface area contributed by atoms with Crippen LogP contribution in [-0.4, -0.2) is 32.7 Å². The molecule has 1 aromatic rings. The summed E-state index contributed by atoms with van der Waals surface area (Å²) < 4.78 is 27.8. The minimum Gasteiger partial charge on any atom is -0.494 e. The van der Waals surface area contributed by atoms with Crippen molar-refractivity contribution in [1.29, 1.82) is 0 Å². The molecule has 1 heterocycles. The highest BCUT2D eigenvalue weighted by Gasteiger charge is 2.37. The maximum Gasteiger partial charge on any atom is 0.237 e. The molecule has 0 radical (unpaired) electrons. The quantitative estimate of drug-likeness (QED) is 0.795. The number of rotatable bonds is 4. The molecule has 5 nitrogen and oxygen atoms in total. The van der Waals surface area contributed by atoms with E-state index in [2.05, 4.69) is 0 Å². The SMILES string of the molecule is CCOc1ccc(N2CC(S(=O)(=O)Cl)CC2=O)cc1. The van der Waals surface area contributed by atoms with Gasteiger partial charge >= 0.3 is 0 Å². The lowest BCUT2D eigenvalue weighted by molar-refractivity contribution is -0.117. The number of carbonyl (C=O) groups is 1. The van der Waals surface area contributed by atoms with Crippen molar-refractivity contribution in [2.24, 2.45) is 0 Å². The number of nitrogens with zero attached hydrogens (tertiary/aromatic N) is 1. The first-order chi connectivity index (χ1) is 8.91. The number of hydrogen-bond acceptors (Lipinski definition) is 4. The van der Waals surface area contributed by atoms with Gasteiger partial charge in [0.05, 0.1) is 6.61 Å². The lowest BCUT2D eigenvalue weighted by Gasteiger charge is -2.16. The number of ether oxygens (including phenoxy) is 1. The lowest BCUT2D eigenvalue weighted by atomic mass is 10.3. The van der Waals surface area contributed by atoms with E-state index in [4.69, 9.17) is 15.4 Å². The molecule has 1 unspecified atom stereocenters. The zero-order chi connectivity index (χ0) is 14.0. The molecule has 1 amide bonds. The van der Waals surface area contributed by atoms with Gasteiger partial charge in [-0.05, 0) is 31.2 Å². The summed E-state index contributed by atoms with van der Waals surface area (Å²) in [7, 11) is 1.59. The normalized spacial score (nSPS) is 19.8. The van der Waals surface area contributed by atoms with Crippen LogP contribution in [-0.2, 0) is 13.8 Å². The second-order valence-corrected chi connectivity index (χ2v) is 7.14. The average molecular weight is 304 g/mol. The van der Waals surface area contributed by atoms with Gasteiger partial charge in [-0.25, -0.2) is 8.42 Å². The van der Waals surface area contributed by atoms with Gasteiger partial charge in [-0.15, -0.1) is 0 Å². The summed E-state index contributed by atoms with van der Waals surface area (Å²) in [5.74, 6) is 0.470. The molecule has 104 valence electrons. The predicted molar refractivity (Wildman–Crippen MR) is 73.1 cm³/mol. The van der Waals surface area contributed by atoms with Crippen molar-refractivity contribution >= 4 is 31.3 Å². The van der Waals surface area contributed by atoms with Crippen molar-refractivity contribution in [3.8, 4) is 5.75 Å². The molecule has 1 saturated heterocycles. The first-order valence-corrected chi connectivity index (χ1v) is 8.25. The molecule has 7 heteroatoms. The van der Waals surface area contributed by atoms with E-state index >= 15 is 0 Å². The third kappa shape index (κ3) is 3.19. The molecule has 1 aliphatic rings. The van der Waals surface area contributed by atoms with Crippen molar-refractivity contribution in [2.75, 3.05) is 18.1 Å². The van der Waals surface area contributed by atoms with Crippen LogP contribution < -0.4 is 9.64 Å². The van der Waals surface area contributed by atoms with Crippen LogP contribution in [0.3, 0.4) is 0 Å². The van der Waals surface area contributed by atoms with E-state index in [1.54, 1.807) is 24.3 Å². The fourth-order valence-electron chi connectivity index (χ4n) is 2.00. The molecule has 0 N–H and O–H groups in total. The molecule has 2 rings (SSSR count). The fourth-order valence-corrected chi connectivity index (χ4v) is 3.03. The Labute approximate surface area is 116 Å². The molecular formula is C12H14ClNO4S. The van der Waals surface area contributed by atoms with Gasteiger partial charge in [0.1, 0.15) is 11.0 Å². The van der Waals surface area contributed by atoms with E-state index in [0.717, 1.165) is 0 Å². The Bertz CT molecular complexity index is 570. The Morgan fingerprint density at radius 2 is 2.00 bits per heavy atom. The molecule has 1 atom stereocenters. The topological polar surface area (TPSA) is 63.7 Å². The fraction of sp³-hybridized carbons (Fsp3) is 0.417. The van der Waals surface area contributed by atoms with E-state index in [1.807, 2.05) is 6.92 Å². The summed E-state index contributed by atoms with van der Waals surface area (Å²) in [5.41, 5.74) is 0.649. The van der Waals surface area contributed by atoms with Crippen LogP contribution in [0.1, 0.15) is 13.3 Å². The summed E-state index contributed by atoms with van der Waals surface area (Å²) >= 11 is 0. The van der Waals surface area contributed by atoms with Crippen molar-refractivity contribution in [2.45, 2.75) is 18.6 Å². The van der Waals surface area contributed by atoms with Gasteiger partial charge in [0.25, 0.3) is 0 Å². The minimum absolute atomic E-state index is 0.0704. The lowest BCUT2D eigenvalue weighted by Crippen LogP contribution is -2.26. The molecule has 1 aromatic carbocycles. The Morgan fingerprint density at radius 1 is 1.37 bits per heavy atom. The number of anilines is 1. The highest BCUT2D eigenvalue weighted by Crippen LogP contribution is 2.27. The van der Waals surface area contributed by atoms with Gasteiger partial charge in [-0.3, -0.25) is 4.79 Å². The summed E-state index contributed by atoms with van der Waals surface area (Å²) in [6.07, 6.45) is -0.0704. The predicted octanol–water partition coefficient (Wildman–Crippen LogP) is 1.76. The Kier molecular flexibility index (Phi) is 4.01. The monoisotopic (exact) mass is 303 g/mol. The van der Waals surface area contributed by atoms with E-state index in [1.165, 1.54) is 4.90 Å². The van der Waals surface area contributed by atoms with E-state index in [9.17, 15) is 13.2 Å². The van der Waals surface area contributed by atoms with Crippen LogP contribution in [0, 0.1) is 0 Å². The number of hydrogen-bond donors (Lipinski definition) is 0. The summed E-state index contributed by atoms with van der Waals surface area (Å²) in [6, 6.07) is 6.95. The molecule has 0 aliphatic carbocycles. The van der Waals surface area contributed by atoms with Crippen LogP contribution in [0.5, 0.6) is 5.75 Å². The molecule has 0 spiro atoms. The number of benzene rings is 1. The van der Waals surface area contributed by atoms with Crippen LogP contribution in [0.2, 0.25) is 0 Å². The molecule has 0 saturated carbocycles. The third-order valence-corrected chi connectivity index (χ3v) is 4.82. The first kappa shape index (κ1) is 14.1. The van der Waals surface area contributed by atoms with E-state index in [0.29, 0.717) is 18.0 Å². The van der Waals surface area contributed by atoms with Crippen molar-refractivity contribution in [3.63, 3.8) is 0 Å². The second kappa shape index (κ2) is 5.38. The van der Waals surface area contributed by atoms with Gasteiger partial charge in [0, 0.05) is 29.3 Å². The Hall–Kier alpha value is -1.27. The van der Waals surface area contributed by atoms with Gasteiger partial charge in [-0.2, -0.15) is 0 Å². The zero-order valence-electron chi connectivity index (χ0n) is 10.4. The standard InChI is InChI=1S/C12H14ClNO4S/c1-2-18-10-5-3-9(4-6-10)14-8-11(7-12(14)15)19(13,16)17/h3-6,11H,2,7-8H2,1H3. The van der Waals surface area contributed by atoms with Crippen molar-refractivity contribution in [3.05, 3.63) is 24.3 Å². The van der Waals surface area contributed by atoms with Gasteiger partial charge in [0.2, 0.25) is 15.0 Å². The molecule has 1 fully saturated rings. The third-order valence-electron chi connectivity index (χ3n) is 2.95. The molecular weight excluding hydrogens is 290 g/mol. The number of amides is 1. The van der Waals surface area contributed by atoms with Gasteiger partial charge in [-0.1, -0.05) is 0 Å². The van der Waals surface area contributed by atoms with Crippen LogP contribution in [0.15, 0.2) is 24.3 Å². The molecule has 19 heavy (non-hydrogen) atoms.